The van der Waals surface area contributed by atoms with Gasteiger partial charge in [-0.3, -0.25) is 4.79 Å². The smallest absolute Gasteiger partial charge is 0.260 e. The number of thiophene rings is 1. The van der Waals surface area contributed by atoms with Crippen molar-refractivity contribution in [3.8, 4) is 5.75 Å². The number of carbonyl (C=O) groups is 1. The molecule has 1 aliphatic heterocycles. The summed E-state index contributed by atoms with van der Waals surface area (Å²) in [6.45, 7) is 9.52. The molecule has 1 aromatic carbocycles. The van der Waals surface area contributed by atoms with Gasteiger partial charge in [-0.05, 0) is 55.0 Å². The van der Waals surface area contributed by atoms with E-state index in [1.807, 2.05) is 16.2 Å². The minimum absolute atomic E-state index is 0.00667. The SMILES string of the molecule is CC1CCc2c(sc3nc(C(C)C)nc(N4CCN(C(=O)COc5ccc(Cl)cc5)CC4)c23)C1. The highest BCUT2D eigenvalue weighted by Crippen LogP contribution is 2.41. The predicted molar refractivity (Wildman–Crippen MR) is 138 cm³/mol. The van der Waals surface area contributed by atoms with Crippen molar-refractivity contribution in [2.24, 2.45) is 5.92 Å². The number of anilines is 1. The maximum absolute atomic E-state index is 12.8. The number of carbonyl (C=O) groups excluding carboxylic acids is 1. The number of benzene rings is 1. The summed E-state index contributed by atoms with van der Waals surface area (Å²) in [4.78, 5) is 29.6. The minimum Gasteiger partial charge on any atom is -0.484 e. The van der Waals surface area contributed by atoms with Gasteiger partial charge in [0.15, 0.2) is 6.61 Å². The van der Waals surface area contributed by atoms with Crippen molar-refractivity contribution in [2.75, 3.05) is 37.7 Å². The third-order valence-corrected chi connectivity index (χ3v) is 8.18. The fourth-order valence-corrected chi connectivity index (χ4v) is 6.27. The van der Waals surface area contributed by atoms with Gasteiger partial charge < -0.3 is 14.5 Å². The normalized spacial score (nSPS) is 18.4. The van der Waals surface area contributed by atoms with Crippen molar-refractivity contribution >= 4 is 44.9 Å². The van der Waals surface area contributed by atoms with Crippen molar-refractivity contribution in [1.82, 2.24) is 14.9 Å². The molecule has 1 saturated heterocycles. The Morgan fingerprint density at radius 1 is 1.18 bits per heavy atom. The Balaban J connectivity index is 1.32. The molecule has 1 atom stereocenters. The summed E-state index contributed by atoms with van der Waals surface area (Å²) in [6, 6.07) is 7.08. The Kier molecular flexibility index (Phi) is 6.67. The monoisotopic (exact) mass is 498 g/mol. The van der Waals surface area contributed by atoms with E-state index in [-0.39, 0.29) is 18.4 Å². The Hall–Kier alpha value is -2.38. The zero-order valence-corrected chi connectivity index (χ0v) is 21.6. The number of aromatic nitrogens is 2. The van der Waals surface area contributed by atoms with Crippen molar-refractivity contribution in [2.45, 2.75) is 46.0 Å². The van der Waals surface area contributed by atoms with Crippen molar-refractivity contribution < 1.29 is 9.53 Å². The Morgan fingerprint density at radius 2 is 1.91 bits per heavy atom. The van der Waals surface area contributed by atoms with Crippen LogP contribution in [0.4, 0.5) is 5.82 Å². The molecule has 1 aliphatic carbocycles. The van der Waals surface area contributed by atoms with Gasteiger partial charge in [-0.15, -0.1) is 11.3 Å². The maximum Gasteiger partial charge on any atom is 0.260 e. The molecule has 0 N–H and O–H groups in total. The number of halogens is 1. The van der Waals surface area contributed by atoms with Gasteiger partial charge in [0.05, 0.1) is 5.39 Å². The second-order valence-corrected chi connectivity index (χ2v) is 11.2. The molecule has 0 radical (unpaired) electrons. The summed E-state index contributed by atoms with van der Waals surface area (Å²) in [5.74, 6) is 3.62. The second-order valence-electron chi connectivity index (χ2n) is 9.70. The summed E-state index contributed by atoms with van der Waals surface area (Å²) in [5, 5.41) is 1.90. The summed E-state index contributed by atoms with van der Waals surface area (Å²) in [7, 11) is 0. The first-order valence-electron chi connectivity index (χ1n) is 12.1. The largest absolute Gasteiger partial charge is 0.484 e. The zero-order valence-electron chi connectivity index (χ0n) is 20.0. The van der Waals surface area contributed by atoms with Gasteiger partial charge >= 0.3 is 0 Å². The van der Waals surface area contributed by atoms with Gasteiger partial charge in [-0.25, -0.2) is 9.97 Å². The van der Waals surface area contributed by atoms with Crippen LogP contribution in [-0.4, -0.2) is 53.6 Å². The molecular weight excluding hydrogens is 468 g/mol. The molecule has 1 unspecified atom stereocenters. The molecule has 1 amide bonds. The number of amides is 1. The van der Waals surface area contributed by atoms with Crippen LogP contribution in [0.1, 0.15) is 49.4 Å². The lowest BCUT2D eigenvalue weighted by atomic mass is 9.89. The van der Waals surface area contributed by atoms with Crippen LogP contribution >= 0.6 is 22.9 Å². The van der Waals surface area contributed by atoms with Crippen LogP contribution in [0.25, 0.3) is 10.2 Å². The van der Waals surface area contributed by atoms with E-state index in [0.29, 0.717) is 23.9 Å². The number of nitrogens with zero attached hydrogens (tertiary/aromatic N) is 4. The molecular formula is C26H31ClN4O2S. The van der Waals surface area contributed by atoms with Crippen LogP contribution in [0.3, 0.4) is 0 Å². The summed E-state index contributed by atoms with van der Waals surface area (Å²) >= 11 is 7.77. The van der Waals surface area contributed by atoms with Gasteiger partial charge in [0, 0.05) is 42.0 Å². The lowest BCUT2D eigenvalue weighted by molar-refractivity contribution is -0.133. The summed E-state index contributed by atoms with van der Waals surface area (Å²) in [6.07, 6.45) is 3.47. The number of hydrogen-bond acceptors (Lipinski definition) is 6. The number of rotatable bonds is 5. The number of hydrogen-bond donors (Lipinski definition) is 0. The van der Waals surface area contributed by atoms with Crippen LogP contribution in [-0.2, 0) is 17.6 Å². The van der Waals surface area contributed by atoms with Crippen molar-refractivity contribution in [1.29, 1.82) is 0 Å². The lowest BCUT2D eigenvalue weighted by Gasteiger charge is -2.36. The number of ether oxygens (including phenoxy) is 1. The highest BCUT2D eigenvalue weighted by molar-refractivity contribution is 7.19. The Labute approximate surface area is 209 Å². The molecule has 0 saturated carbocycles. The van der Waals surface area contributed by atoms with Gasteiger partial charge in [-0.2, -0.15) is 0 Å². The molecule has 3 heterocycles. The highest BCUT2D eigenvalue weighted by Gasteiger charge is 2.29. The lowest BCUT2D eigenvalue weighted by Crippen LogP contribution is -2.50. The first-order chi connectivity index (χ1) is 16.4. The summed E-state index contributed by atoms with van der Waals surface area (Å²) in [5.41, 5.74) is 1.46. The van der Waals surface area contributed by atoms with Crippen LogP contribution in [0, 0.1) is 5.92 Å². The maximum atomic E-state index is 12.8. The molecule has 3 aromatic rings. The van der Waals surface area contributed by atoms with Crippen molar-refractivity contribution in [3.63, 3.8) is 0 Å². The molecule has 6 nitrogen and oxygen atoms in total. The van der Waals surface area contributed by atoms with E-state index < -0.39 is 0 Å². The average molecular weight is 499 g/mol. The Morgan fingerprint density at radius 3 is 2.62 bits per heavy atom. The predicted octanol–water partition coefficient (Wildman–Crippen LogP) is 5.32. The molecule has 2 aromatic heterocycles. The van der Waals surface area contributed by atoms with Crippen LogP contribution in [0.5, 0.6) is 5.75 Å². The number of piperazine rings is 1. The zero-order chi connectivity index (χ0) is 23.8. The first kappa shape index (κ1) is 23.4. The molecule has 0 spiro atoms. The molecule has 34 heavy (non-hydrogen) atoms. The van der Waals surface area contributed by atoms with Gasteiger partial charge in [0.2, 0.25) is 0 Å². The van der Waals surface area contributed by atoms with Crippen molar-refractivity contribution in [3.05, 3.63) is 45.6 Å². The standard InChI is InChI=1S/C26H31ClN4O2S/c1-16(2)24-28-25(23-20-9-4-17(3)14-21(20)34-26(23)29-24)31-12-10-30(11-13-31)22(32)15-33-19-7-5-18(27)6-8-19/h5-8,16-17H,4,9-15H2,1-3H3. The van der Waals surface area contributed by atoms with Crippen LogP contribution in [0.15, 0.2) is 24.3 Å². The van der Waals surface area contributed by atoms with E-state index in [0.717, 1.165) is 48.3 Å². The quantitative estimate of drug-likeness (QED) is 0.476. The Bertz CT molecular complexity index is 1190. The second kappa shape index (κ2) is 9.70. The van der Waals surface area contributed by atoms with E-state index in [4.69, 9.17) is 26.3 Å². The number of aryl methyl sites for hydroxylation is 1. The van der Waals surface area contributed by atoms with Crippen LogP contribution in [0.2, 0.25) is 5.02 Å². The fourth-order valence-electron chi connectivity index (χ4n) is 4.76. The molecule has 5 rings (SSSR count). The average Bonchev–Trinajstić information content (AvgIpc) is 3.20. The van der Waals surface area contributed by atoms with E-state index in [2.05, 4.69) is 25.7 Å². The number of fused-ring (bicyclic) bond motifs is 3. The molecule has 1 fully saturated rings. The topological polar surface area (TPSA) is 58.6 Å². The first-order valence-corrected chi connectivity index (χ1v) is 13.3. The molecule has 0 bridgehead atoms. The third-order valence-electron chi connectivity index (χ3n) is 6.78. The van der Waals surface area contributed by atoms with E-state index in [9.17, 15) is 4.79 Å². The van der Waals surface area contributed by atoms with Gasteiger partial charge in [0.25, 0.3) is 5.91 Å². The third kappa shape index (κ3) is 4.73. The fraction of sp³-hybridized carbons (Fsp3) is 0.500. The van der Waals surface area contributed by atoms with E-state index in [1.54, 1.807) is 24.3 Å². The summed E-state index contributed by atoms with van der Waals surface area (Å²) < 4.78 is 5.66. The molecule has 8 heteroatoms. The van der Waals surface area contributed by atoms with Gasteiger partial charge in [0.1, 0.15) is 22.2 Å². The van der Waals surface area contributed by atoms with E-state index >= 15 is 0 Å². The molecule has 180 valence electrons. The van der Waals surface area contributed by atoms with E-state index in [1.165, 1.54) is 22.2 Å². The highest BCUT2D eigenvalue weighted by atomic mass is 35.5. The van der Waals surface area contributed by atoms with Gasteiger partial charge in [-0.1, -0.05) is 32.4 Å². The molecule has 2 aliphatic rings. The minimum atomic E-state index is 0.00667. The van der Waals surface area contributed by atoms with Crippen LogP contribution < -0.4 is 9.64 Å².